The van der Waals surface area contributed by atoms with Crippen LogP contribution in [0.3, 0.4) is 0 Å². The first-order valence-corrected chi connectivity index (χ1v) is 7.51. The van der Waals surface area contributed by atoms with Crippen LogP contribution in [-0.2, 0) is 9.59 Å². The maximum atomic E-state index is 12.9. The molecule has 1 aliphatic heterocycles. The van der Waals surface area contributed by atoms with Crippen LogP contribution in [0.1, 0.15) is 54.7 Å². The SMILES string of the molecule is C#Cc1ccc(C2C(=O)NC3(CCCCC3)C2=O)c(C)c1. The number of amides is 1. The van der Waals surface area contributed by atoms with Gasteiger partial charge in [0.2, 0.25) is 5.91 Å². The largest absolute Gasteiger partial charge is 0.343 e. The molecule has 1 aliphatic carbocycles. The lowest BCUT2D eigenvalue weighted by atomic mass is 9.76. The first kappa shape index (κ1) is 13.9. The predicted molar refractivity (Wildman–Crippen MR) is 80.8 cm³/mol. The zero-order valence-corrected chi connectivity index (χ0v) is 12.2. The van der Waals surface area contributed by atoms with Gasteiger partial charge in [-0.15, -0.1) is 6.42 Å². The van der Waals surface area contributed by atoms with Crippen molar-refractivity contribution in [3.63, 3.8) is 0 Å². The molecule has 1 spiro atoms. The van der Waals surface area contributed by atoms with E-state index < -0.39 is 11.5 Å². The normalized spacial score (nSPS) is 23.9. The molecule has 1 N–H and O–H groups in total. The summed E-state index contributed by atoms with van der Waals surface area (Å²) >= 11 is 0. The second kappa shape index (κ2) is 5.04. The van der Waals surface area contributed by atoms with Crippen molar-refractivity contribution in [2.45, 2.75) is 50.5 Å². The molecule has 1 heterocycles. The fraction of sp³-hybridized carbons (Fsp3) is 0.444. The van der Waals surface area contributed by atoms with Crippen molar-refractivity contribution < 1.29 is 9.59 Å². The van der Waals surface area contributed by atoms with Crippen LogP contribution in [0, 0.1) is 19.3 Å². The maximum absolute atomic E-state index is 12.9. The molecule has 2 aliphatic rings. The van der Waals surface area contributed by atoms with E-state index in [-0.39, 0.29) is 11.7 Å². The zero-order valence-electron chi connectivity index (χ0n) is 12.2. The summed E-state index contributed by atoms with van der Waals surface area (Å²) in [6.45, 7) is 1.91. The molecule has 3 rings (SSSR count). The van der Waals surface area contributed by atoms with Crippen molar-refractivity contribution in [1.29, 1.82) is 0 Å². The van der Waals surface area contributed by atoms with Gasteiger partial charge in [0, 0.05) is 5.56 Å². The average Bonchev–Trinajstić information content (AvgIpc) is 2.71. The summed E-state index contributed by atoms with van der Waals surface area (Å²) in [6, 6.07) is 5.49. The van der Waals surface area contributed by atoms with E-state index in [1.807, 2.05) is 19.1 Å². The highest BCUT2D eigenvalue weighted by Gasteiger charge is 2.53. The van der Waals surface area contributed by atoms with Gasteiger partial charge in [-0.3, -0.25) is 9.59 Å². The van der Waals surface area contributed by atoms with Gasteiger partial charge in [-0.25, -0.2) is 0 Å². The van der Waals surface area contributed by atoms with Crippen molar-refractivity contribution in [2.75, 3.05) is 0 Å². The maximum Gasteiger partial charge on any atom is 0.235 e. The minimum atomic E-state index is -0.671. The van der Waals surface area contributed by atoms with E-state index in [1.54, 1.807) is 6.07 Å². The summed E-state index contributed by atoms with van der Waals surface area (Å²) in [5.41, 5.74) is 1.86. The Hall–Kier alpha value is -2.08. The number of ketones is 1. The lowest BCUT2D eigenvalue weighted by Crippen LogP contribution is -2.47. The molecule has 1 amide bonds. The molecule has 3 heteroatoms. The molecular weight excluding hydrogens is 262 g/mol. The van der Waals surface area contributed by atoms with E-state index in [2.05, 4.69) is 11.2 Å². The Labute approximate surface area is 125 Å². The van der Waals surface area contributed by atoms with Crippen molar-refractivity contribution in [3.05, 3.63) is 34.9 Å². The van der Waals surface area contributed by atoms with Crippen molar-refractivity contribution in [3.8, 4) is 12.3 Å². The third-order valence-corrected chi connectivity index (χ3v) is 4.81. The monoisotopic (exact) mass is 281 g/mol. The quantitative estimate of drug-likeness (QED) is 0.635. The number of carbonyl (C=O) groups excluding carboxylic acids is 2. The van der Waals surface area contributed by atoms with E-state index >= 15 is 0 Å². The number of nitrogens with one attached hydrogen (secondary N) is 1. The van der Waals surface area contributed by atoms with E-state index in [4.69, 9.17) is 6.42 Å². The van der Waals surface area contributed by atoms with Crippen LogP contribution in [0.15, 0.2) is 18.2 Å². The minimum Gasteiger partial charge on any atom is -0.343 e. The number of hydrogen-bond acceptors (Lipinski definition) is 2. The van der Waals surface area contributed by atoms with Crippen LogP contribution in [0.25, 0.3) is 0 Å². The van der Waals surface area contributed by atoms with Crippen LogP contribution < -0.4 is 5.32 Å². The van der Waals surface area contributed by atoms with Crippen molar-refractivity contribution in [2.24, 2.45) is 0 Å². The summed E-state index contributed by atoms with van der Waals surface area (Å²) in [4.78, 5) is 25.3. The highest BCUT2D eigenvalue weighted by Crippen LogP contribution is 2.39. The Kier molecular flexibility index (Phi) is 3.33. The Balaban J connectivity index is 1.98. The summed E-state index contributed by atoms with van der Waals surface area (Å²) in [7, 11) is 0. The first-order chi connectivity index (χ1) is 10.1. The van der Waals surface area contributed by atoms with Crippen molar-refractivity contribution >= 4 is 11.7 Å². The van der Waals surface area contributed by atoms with Crippen LogP contribution in [0.4, 0.5) is 0 Å². The topological polar surface area (TPSA) is 46.2 Å². The summed E-state index contributed by atoms with van der Waals surface area (Å²) in [5, 5.41) is 2.99. The van der Waals surface area contributed by atoms with Gasteiger partial charge in [0.05, 0.1) is 5.54 Å². The van der Waals surface area contributed by atoms with Gasteiger partial charge in [-0.2, -0.15) is 0 Å². The number of benzene rings is 1. The molecule has 21 heavy (non-hydrogen) atoms. The zero-order chi connectivity index (χ0) is 15.0. The first-order valence-electron chi connectivity index (χ1n) is 7.51. The molecule has 1 aromatic rings. The Morgan fingerprint density at radius 1 is 1.24 bits per heavy atom. The minimum absolute atomic E-state index is 0.0451. The fourth-order valence-corrected chi connectivity index (χ4v) is 3.66. The van der Waals surface area contributed by atoms with E-state index in [9.17, 15) is 9.59 Å². The van der Waals surface area contributed by atoms with Crippen LogP contribution in [-0.4, -0.2) is 17.2 Å². The number of rotatable bonds is 1. The summed E-state index contributed by atoms with van der Waals surface area (Å²) in [6.07, 6.45) is 10.1. The van der Waals surface area contributed by atoms with Gasteiger partial charge in [-0.05, 0) is 43.0 Å². The Bertz CT molecular complexity index is 648. The highest BCUT2D eigenvalue weighted by molar-refractivity contribution is 6.17. The molecule has 1 atom stereocenters. The van der Waals surface area contributed by atoms with E-state index in [0.717, 1.165) is 48.8 Å². The van der Waals surface area contributed by atoms with Crippen LogP contribution >= 0.6 is 0 Å². The molecule has 0 bridgehead atoms. The second-order valence-corrected chi connectivity index (χ2v) is 6.14. The number of aryl methyl sites for hydroxylation is 1. The van der Waals surface area contributed by atoms with Gasteiger partial charge in [0.1, 0.15) is 5.92 Å². The molecule has 1 aromatic carbocycles. The van der Waals surface area contributed by atoms with Crippen molar-refractivity contribution in [1.82, 2.24) is 5.32 Å². The highest BCUT2D eigenvalue weighted by atomic mass is 16.2. The second-order valence-electron chi connectivity index (χ2n) is 6.14. The number of carbonyl (C=O) groups is 2. The molecule has 1 saturated heterocycles. The number of Topliss-reactive ketones (excluding diaryl/α,β-unsaturated/α-hetero) is 1. The van der Waals surface area contributed by atoms with Gasteiger partial charge >= 0.3 is 0 Å². The fourth-order valence-electron chi connectivity index (χ4n) is 3.66. The molecule has 1 saturated carbocycles. The lowest BCUT2D eigenvalue weighted by Gasteiger charge is -2.31. The third kappa shape index (κ3) is 2.15. The van der Waals surface area contributed by atoms with Gasteiger partial charge < -0.3 is 5.32 Å². The summed E-state index contributed by atoms with van der Waals surface area (Å²) < 4.78 is 0. The predicted octanol–water partition coefficient (Wildman–Crippen LogP) is 2.46. The molecule has 2 fully saturated rings. The molecule has 108 valence electrons. The van der Waals surface area contributed by atoms with E-state index in [1.165, 1.54) is 0 Å². The van der Waals surface area contributed by atoms with Crippen LogP contribution in [0.5, 0.6) is 0 Å². The average molecular weight is 281 g/mol. The standard InChI is InChI=1S/C18H19NO2/c1-3-13-7-8-14(12(2)11-13)15-16(20)18(19-17(15)21)9-5-4-6-10-18/h1,7-8,11,15H,4-6,9-10H2,2H3,(H,19,21). The molecule has 3 nitrogen and oxygen atoms in total. The molecule has 0 radical (unpaired) electrons. The van der Waals surface area contributed by atoms with Gasteiger partial charge in [0.15, 0.2) is 5.78 Å². The molecule has 1 unspecified atom stereocenters. The van der Waals surface area contributed by atoms with Gasteiger partial charge in [0.25, 0.3) is 0 Å². The van der Waals surface area contributed by atoms with Gasteiger partial charge in [-0.1, -0.05) is 31.2 Å². The molecular formula is C18H19NO2. The third-order valence-electron chi connectivity index (χ3n) is 4.81. The summed E-state index contributed by atoms with van der Waals surface area (Å²) in [5.74, 6) is 1.80. The number of hydrogen-bond donors (Lipinski definition) is 1. The Morgan fingerprint density at radius 3 is 2.57 bits per heavy atom. The van der Waals surface area contributed by atoms with Crippen LogP contribution in [0.2, 0.25) is 0 Å². The smallest absolute Gasteiger partial charge is 0.235 e. The Morgan fingerprint density at radius 2 is 1.95 bits per heavy atom. The lowest BCUT2D eigenvalue weighted by molar-refractivity contribution is -0.125. The van der Waals surface area contributed by atoms with E-state index in [0.29, 0.717) is 0 Å². The number of terminal acetylenes is 1. The molecule has 0 aromatic heterocycles.